The van der Waals surface area contributed by atoms with Gasteiger partial charge >= 0.3 is 11.9 Å². The summed E-state index contributed by atoms with van der Waals surface area (Å²) < 4.78 is 16.9. The summed E-state index contributed by atoms with van der Waals surface area (Å²) in [7, 11) is -1.12. The number of anilines is 1. The number of carbonyl (C=O) groups is 4. The number of rotatable bonds is 15. The number of nitrogens with zero attached hydrogens (tertiary/aromatic N) is 1. The minimum Gasteiger partial charge on any atom is -0.480 e. The fourth-order valence-corrected chi connectivity index (χ4v) is 5.14. The van der Waals surface area contributed by atoms with E-state index in [4.69, 9.17) is 4.74 Å². The Morgan fingerprint density at radius 2 is 1.60 bits per heavy atom. The van der Waals surface area contributed by atoms with Crippen molar-refractivity contribution in [3.63, 3.8) is 0 Å². The van der Waals surface area contributed by atoms with E-state index >= 15 is 0 Å². The molecule has 0 spiro atoms. The highest BCUT2D eigenvalue weighted by atomic mass is 32.2. The highest BCUT2D eigenvalue weighted by Gasteiger charge is 2.31. The summed E-state index contributed by atoms with van der Waals surface area (Å²) in [6, 6.07) is 16.4. The van der Waals surface area contributed by atoms with Crippen LogP contribution in [0.3, 0.4) is 0 Å². The monoisotopic (exact) mass is 666 g/mol. The largest absolute Gasteiger partial charge is 0.480 e. The zero-order valence-electron chi connectivity index (χ0n) is 27.1. The van der Waals surface area contributed by atoms with Crippen molar-refractivity contribution >= 4 is 40.4 Å². The van der Waals surface area contributed by atoms with Gasteiger partial charge in [-0.1, -0.05) is 24.3 Å². The molecule has 0 radical (unpaired) electrons. The number of amides is 2. The molecule has 3 aromatic rings. The number of aryl methyl sites for hydroxylation is 1. The molecule has 3 rings (SSSR count). The zero-order valence-corrected chi connectivity index (χ0v) is 27.9. The number of aliphatic hydroxyl groups excluding tert-OH is 1. The van der Waals surface area contributed by atoms with Gasteiger partial charge in [0.2, 0.25) is 5.91 Å². The summed E-state index contributed by atoms with van der Waals surface area (Å²) in [5, 5.41) is 21.5. The van der Waals surface area contributed by atoms with E-state index in [1.165, 1.54) is 6.92 Å². The lowest BCUT2D eigenvalue weighted by Crippen LogP contribution is -2.49. The Balaban J connectivity index is 1.56. The number of aromatic nitrogens is 1. The fourth-order valence-electron chi connectivity index (χ4n) is 4.62. The van der Waals surface area contributed by atoms with E-state index in [1.54, 1.807) is 63.6 Å². The molecule has 0 aliphatic carbocycles. The lowest BCUT2D eigenvalue weighted by atomic mass is 9.94. The number of benzene rings is 2. The second-order valence-corrected chi connectivity index (χ2v) is 13.5. The third-order valence-electron chi connectivity index (χ3n) is 7.07. The molecular formula is C34H42N4O8S. The van der Waals surface area contributed by atoms with Gasteiger partial charge in [0.05, 0.1) is 12.5 Å². The average molecular weight is 667 g/mol. The predicted octanol–water partition coefficient (Wildman–Crippen LogP) is 3.86. The number of hydrogen-bond acceptors (Lipinski definition) is 9. The molecule has 0 bridgehead atoms. The number of hydrazine groups is 1. The molecule has 0 aliphatic heterocycles. The van der Waals surface area contributed by atoms with Gasteiger partial charge in [-0.2, -0.15) is 0 Å². The molecule has 252 valence electrons. The highest BCUT2D eigenvalue weighted by molar-refractivity contribution is 7.84. The summed E-state index contributed by atoms with van der Waals surface area (Å²) in [6.45, 7) is 6.44. The highest BCUT2D eigenvalue weighted by Crippen LogP contribution is 2.22. The molecule has 0 fully saturated rings. The minimum absolute atomic E-state index is 0.217. The molecule has 0 saturated carbocycles. The normalized spacial score (nSPS) is 13.8. The third kappa shape index (κ3) is 11.9. The molecule has 2 amide bonds. The van der Waals surface area contributed by atoms with Crippen molar-refractivity contribution in [3.05, 3.63) is 78.0 Å². The maximum Gasteiger partial charge on any atom is 0.328 e. The quantitative estimate of drug-likeness (QED) is 0.118. The summed E-state index contributed by atoms with van der Waals surface area (Å²) in [4.78, 5) is 54.4. The number of aliphatic carboxylic acids is 1. The number of carboxylic acid groups (broad SMARTS) is 1. The third-order valence-corrected chi connectivity index (χ3v) is 8.01. The summed E-state index contributed by atoms with van der Waals surface area (Å²) in [5.74, 6) is -3.31. The molecule has 4 atom stereocenters. The Morgan fingerprint density at radius 3 is 2.13 bits per heavy atom. The van der Waals surface area contributed by atoms with Crippen molar-refractivity contribution in [2.75, 3.05) is 11.7 Å². The van der Waals surface area contributed by atoms with E-state index in [2.05, 4.69) is 21.2 Å². The van der Waals surface area contributed by atoms with Crippen LogP contribution < -0.4 is 16.2 Å². The van der Waals surface area contributed by atoms with E-state index in [0.717, 1.165) is 16.7 Å². The molecule has 0 saturated heterocycles. The van der Waals surface area contributed by atoms with Crippen LogP contribution >= 0.6 is 0 Å². The lowest BCUT2D eigenvalue weighted by Gasteiger charge is -2.24. The first kappa shape index (κ1) is 36.8. The van der Waals surface area contributed by atoms with Gasteiger partial charge in [0, 0.05) is 45.2 Å². The van der Waals surface area contributed by atoms with Crippen molar-refractivity contribution in [3.8, 4) is 11.1 Å². The molecule has 5 N–H and O–H groups in total. The standard InChI is InChI=1S/C34H42N4O8S/c1-21(39)30(33(43)44)36-31(41)25(19-29(40)46-34(2,3)4)8-6-7-22-9-11-23(12-10-22)26-15-18-28(35-20-26)37-38-32(42)24-13-16-27(17-14-24)47(5)45/h9-18,20-21,25,30,39H,6-8,19H2,1-5H3,(H,35,37)(H,36,41)(H,38,42)(H,43,44)/t21-,25?,30-,47?/m1/s1. The van der Waals surface area contributed by atoms with Crippen molar-refractivity contribution < 1.29 is 38.3 Å². The van der Waals surface area contributed by atoms with Crippen LogP contribution in [-0.2, 0) is 36.3 Å². The van der Waals surface area contributed by atoms with Crippen molar-refractivity contribution in [1.82, 2.24) is 15.7 Å². The summed E-state index contributed by atoms with van der Waals surface area (Å²) in [5.41, 5.74) is 7.83. The van der Waals surface area contributed by atoms with Crippen LogP contribution in [0.15, 0.2) is 71.8 Å². The zero-order chi connectivity index (χ0) is 34.7. The number of esters is 1. The minimum atomic E-state index is -1.49. The molecular weight excluding hydrogens is 624 g/mol. The van der Waals surface area contributed by atoms with E-state index < -0.39 is 52.3 Å². The second-order valence-electron chi connectivity index (χ2n) is 12.1. The van der Waals surface area contributed by atoms with E-state index in [-0.39, 0.29) is 12.3 Å². The number of pyridine rings is 1. The molecule has 13 heteroatoms. The Morgan fingerprint density at radius 1 is 0.957 bits per heavy atom. The van der Waals surface area contributed by atoms with Gasteiger partial charge in [0.15, 0.2) is 6.04 Å². The molecule has 1 heterocycles. The van der Waals surface area contributed by atoms with Crippen LogP contribution in [-0.4, -0.2) is 67.2 Å². The number of hydrogen-bond donors (Lipinski definition) is 5. The van der Waals surface area contributed by atoms with Crippen LogP contribution in [0, 0.1) is 5.92 Å². The van der Waals surface area contributed by atoms with Gasteiger partial charge in [-0.25, -0.2) is 9.78 Å². The van der Waals surface area contributed by atoms with Crippen molar-refractivity contribution in [2.45, 2.75) is 76.0 Å². The Labute approximate surface area is 276 Å². The van der Waals surface area contributed by atoms with Gasteiger partial charge in [-0.15, -0.1) is 0 Å². The van der Waals surface area contributed by atoms with E-state index in [0.29, 0.717) is 35.5 Å². The van der Waals surface area contributed by atoms with E-state index in [1.807, 2.05) is 30.3 Å². The molecule has 0 aliphatic rings. The van der Waals surface area contributed by atoms with Crippen molar-refractivity contribution in [1.29, 1.82) is 0 Å². The molecule has 12 nitrogen and oxygen atoms in total. The molecule has 2 unspecified atom stereocenters. The maximum atomic E-state index is 13.0. The number of carboxylic acids is 1. The first-order valence-corrected chi connectivity index (χ1v) is 16.7. The Kier molecular flexibility index (Phi) is 13.2. The van der Waals surface area contributed by atoms with Crippen LogP contribution in [0.1, 0.15) is 62.9 Å². The molecule has 2 aromatic carbocycles. The van der Waals surface area contributed by atoms with Gasteiger partial charge in [0.1, 0.15) is 11.4 Å². The first-order valence-electron chi connectivity index (χ1n) is 15.1. The fraction of sp³-hybridized carbons (Fsp3) is 0.382. The lowest BCUT2D eigenvalue weighted by molar-refractivity contribution is -0.157. The van der Waals surface area contributed by atoms with E-state index in [9.17, 15) is 33.6 Å². The SMILES string of the molecule is C[C@@H](O)[C@@H](NC(=O)C(CCCc1ccc(-c2ccc(NNC(=O)c3ccc(S(C)=O)cc3)nc2)cc1)CC(=O)OC(C)(C)C)C(=O)O. The Hall–Kier alpha value is -4.62. The second kappa shape index (κ2) is 16.8. The van der Waals surface area contributed by atoms with Crippen LogP contribution in [0.5, 0.6) is 0 Å². The summed E-state index contributed by atoms with van der Waals surface area (Å²) >= 11 is 0. The molecule has 1 aromatic heterocycles. The van der Waals surface area contributed by atoms with Gasteiger partial charge in [0.25, 0.3) is 5.91 Å². The number of carbonyl (C=O) groups excluding carboxylic acids is 3. The van der Waals surface area contributed by atoms with Gasteiger partial charge < -0.3 is 20.3 Å². The van der Waals surface area contributed by atoms with Crippen LogP contribution in [0.2, 0.25) is 0 Å². The topological polar surface area (TPSA) is 184 Å². The Bertz CT molecular complexity index is 1550. The summed E-state index contributed by atoms with van der Waals surface area (Å²) in [6.07, 6.45) is 3.17. The van der Waals surface area contributed by atoms with Gasteiger partial charge in [-0.3, -0.25) is 29.4 Å². The van der Waals surface area contributed by atoms with Crippen LogP contribution in [0.4, 0.5) is 5.82 Å². The number of aliphatic hydroxyl groups is 1. The predicted molar refractivity (Wildman–Crippen MR) is 178 cm³/mol. The first-order chi connectivity index (χ1) is 22.1. The van der Waals surface area contributed by atoms with Gasteiger partial charge in [-0.05, 0) is 94.5 Å². The average Bonchev–Trinajstić information content (AvgIpc) is 3.01. The number of ether oxygens (including phenoxy) is 1. The smallest absolute Gasteiger partial charge is 0.328 e. The maximum absolute atomic E-state index is 13.0. The van der Waals surface area contributed by atoms with Crippen molar-refractivity contribution in [2.24, 2.45) is 5.92 Å². The number of nitrogens with one attached hydrogen (secondary N) is 3. The molecule has 47 heavy (non-hydrogen) atoms. The van der Waals surface area contributed by atoms with Crippen LogP contribution in [0.25, 0.3) is 11.1 Å².